The number of halogens is 2. The van der Waals surface area contributed by atoms with E-state index >= 15 is 0 Å². The van der Waals surface area contributed by atoms with Gasteiger partial charge in [0.1, 0.15) is 28.9 Å². The van der Waals surface area contributed by atoms with Crippen LogP contribution in [0.4, 0.5) is 5.69 Å². The number of benzene rings is 1. The van der Waals surface area contributed by atoms with Crippen LogP contribution >= 0.6 is 24.0 Å². The van der Waals surface area contributed by atoms with Crippen LogP contribution in [0.3, 0.4) is 0 Å². The van der Waals surface area contributed by atoms with Crippen LogP contribution in [0, 0.1) is 11.3 Å². The van der Waals surface area contributed by atoms with E-state index in [1.54, 1.807) is 25.3 Å². The third kappa shape index (κ3) is 3.45. The van der Waals surface area contributed by atoms with E-state index in [0.29, 0.717) is 33.3 Å². The number of nitriles is 1. The van der Waals surface area contributed by atoms with Gasteiger partial charge in [-0.2, -0.15) is 10.4 Å². The van der Waals surface area contributed by atoms with Gasteiger partial charge in [0.05, 0.1) is 25.0 Å². The van der Waals surface area contributed by atoms with Crippen molar-refractivity contribution in [3.8, 4) is 11.8 Å². The van der Waals surface area contributed by atoms with Gasteiger partial charge in [0, 0.05) is 10.6 Å². The second-order valence-corrected chi connectivity index (χ2v) is 6.43. The van der Waals surface area contributed by atoms with Crippen molar-refractivity contribution >= 4 is 35.4 Å². The molecule has 8 heteroatoms. The highest BCUT2D eigenvalue weighted by atomic mass is 35.5. The Balaban J connectivity index is 0.00000225. The van der Waals surface area contributed by atoms with Gasteiger partial charge in [0.2, 0.25) is 0 Å². The molecule has 0 fully saturated rings. The maximum absolute atomic E-state index is 9.61. The lowest BCUT2D eigenvalue weighted by Gasteiger charge is -2.34. The van der Waals surface area contributed by atoms with Crippen LogP contribution in [-0.2, 0) is 4.74 Å². The summed E-state index contributed by atoms with van der Waals surface area (Å²) in [6.07, 6.45) is 1.87. The fourth-order valence-corrected chi connectivity index (χ4v) is 2.82. The lowest BCUT2D eigenvalue weighted by atomic mass is 9.92. The van der Waals surface area contributed by atoms with Gasteiger partial charge in [-0.3, -0.25) is 0 Å². The predicted molar refractivity (Wildman–Crippen MR) is 100 cm³/mol. The minimum Gasteiger partial charge on any atom is -0.494 e. The summed E-state index contributed by atoms with van der Waals surface area (Å²) in [5.74, 6) is 0.777. The topological polar surface area (TPSA) is 83.9 Å². The van der Waals surface area contributed by atoms with E-state index in [0.717, 1.165) is 0 Å². The van der Waals surface area contributed by atoms with Crippen molar-refractivity contribution in [3.63, 3.8) is 0 Å². The molecule has 0 saturated carbocycles. The van der Waals surface area contributed by atoms with Crippen LogP contribution in [0.2, 0.25) is 5.02 Å². The Kier molecular flexibility index (Phi) is 5.33. The summed E-state index contributed by atoms with van der Waals surface area (Å²) in [5.41, 5.74) is 8.02. The Morgan fingerprint density at radius 3 is 2.80 bits per heavy atom. The fraction of sp³-hybridized carbons (Fsp3) is 0.294. The first-order valence-corrected chi connectivity index (χ1v) is 7.72. The molecule has 0 radical (unpaired) electrons. The number of hydrogen-bond acceptors (Lipinski definition) is 6. The summed E-state index contributed by atoms with van der Waals surface area (Å²) in [6, 6.07) is 7.30. The van der Waals surface area contributed by atoms with Crippen LogP contribution < -0.4 is 15.5 Å². The molecule has 0 aromatic heterocycles. The molecule has 0 spiro atoms. The number of nitrogens with zero attached hydrogens (tertiary/aromatic N) is 3. The van der Waals surface area contributed by atoms with Gasteiger partial charge in [0.25, 0.3) is 0 Å². The Hall–Kier alpha value is -2.20. The summed E-state index contributed by atoms with van der Waals surface area (Å²) >= 11 is 6.10. The van der Waals surface area contributed by atoms with Crippen LogP contribution in [0.15, 0.2) is 46.3 Å². The molecule has 0 bridgehead atoms. The van der Waals surface area contributed by atoms with Gasteiger partial charge in [-0.1, -0.05) is 11.6 Å². The first-order chi connectivity index (χ1) is 11.4. The van der Waals surface area contributed by atoms with E-state index < -0.39 is 5.60 Å². The predicted octanol–water partition coefficient (Wildman–Crippen LogP) is 3.38. The van der Waals surface area contributed by atoms with Gasteiger partial charge < -0.3 is 15.2 Å². The van der Waals surface area contributed by atoms with Crippen molar-refractivity contribution in [3.05, 3.63) is 46.3 Å². The van der Waals surface area contributed by atoms with E-state index in [4.69, 9.17) is 26.8 Å². The highest BCUT2D eigenvalue weighted by Crippen LogP contribution is 2.37. The first-order valence-electron chi connectivity index (χ1n) is 7.35. The average Bonchev–Trinajstić information content (AvgIpc) is 2.54. The number of rotatable bonds is 2. The Labute approximate surface area is 157 Å². The van der Waals surface area contributed by atoms with Crippen LogP contribution in [-0.4, -0.2) is 25.0 Å². The Morgan fingerprint density at radius 2 is 2.16 bits per heavy atom. The third-order valence-corrected chi connectivity index (χ3v) is 4.07. The maximum atomic E-state index is 9.61. The van der Waals surface area contributed by atoms with Crippen molar-refractivity contribution < 1.29 is 9.47 Å². The van der Waals surface area contributed by atoms with Crippen molar-refractivity contribution in [1.29, 1.82) is 5.26 Å². The van der Waals surface area contributed by atoms with Crippen molar-refractivity contribution in [2.75, 3.05) is 18.7 Å². The second kappa shape index (κ2) is 6.96. The van der Waals surface area contributed by atoms with E-state index in [2.05, 4.69) is 11.2 Å². The van der Waals surface area contributed by atoms with E-state index in [1.165, 1.54) is 5.01 Å². The molecule has 0 saturated heterocycles. The molecule has 25 heavy (non-hydrogen) atoms. The maximum Gasteiger partial charge on any atom is 0.144 e. The molecule has 1 aromatic rings. The monoisotopic (exact) mass is 380 g/mol. The van der Waals surface area contributed by atoms with Gasteiger partial charge in [-0.25, -0.2) is 5.01 Å². The minimum atomic E-state index is -0.480. The fourth-order valence-electron chi connectivity index (χ4n) is 2.65. The summed E-state index contributed by atoms with van der Waals surface area (Å²) in [6.45, 7) is 4.14. The molecular formula is C17H18Cl2N4O2. The number of allylic oxidation sites excluding steroid dienone is 1. The van der Waals surface area contributed by atoms with Gasteiger partial charge in [0.15, 0.2) is 0 Å². The van der Waals surface area contributed by atoms with Crippen LogP contribution in [0.5, 0.6) is 5.75 Å². The van der Waals surface area contributed by atoms with Crippen molar-refractivity contribution in [1.82, 2.24) is 0 Å². The molecule has 6 nitrogen and oxygen atoms in total. The van der Waals surface area contributed by atoms with Crippen LogP contribution in [0.1, 0.15) is 13.8 Å². The Morgan fingerprint density at radius 1 is 1.44 bits per heavy atom. The molecule has 132 valence electrons. The molecule has 0 unspecified atom stereocenters. The largest absolute Gasteiger partial charge is 0.494 e. The number of ether oxygens (including phenoxy) is 2. The summed E-state index contributed by atoms with van der Waals surface area (Å²) in [7, 11) is 1.55. The van der Waals surface area contributed by atoms with E-state index in [-0.39, 0.29) is 24.8 Å². The van der Waals surface area contributed by atoms with Gasteiger partial charge in [-0.05, 0) is 38.1 Å². The standard InChI is InChI=1S/C17H17ClN4O2.ClH/c1-17(2)7-11-12(8-19)16(20)22(21-13(11)9-24-17)14-6-10(18)4-5-15(14)23-3;/h4-7H,9,20H2,1-3H3;1H. The molecule has 1 aromatic carbocycles. The zero-order chi connectivity index (χ0) is 17.5. The SMILES string of the molecule is COc1ccc(Cl)cc1N1N=C2COC(C)(C)C=C2C(C#N)=C1N.Cl. The smallest absolute Gasteiger partial charge is 0.144 e. The molecule has 0 aliphatic carbocycles. The zero-order valence-electron chi connectivity index (χ0n) is 14.0. The number of nitrogens with two attached hydrogens (primary N) is 1. The van der Waals surface area contributed by atoms with E-state index in [1.807, 2.05) is 19.9 Å². The molecule has 2 heterocycles. The number of hydrogen-bond donors (Lipinski definition) is 1. The quantitative estimate of drug-likeness (QED) is 0.849. The van der Waals surface area contributed by atoms with Gasteiger partial charge >= 0.3 is 0 Å². The number of fused-ring (bicyclic) bond motifs is 1. The third-order valence-electron chi connectivity index (χ3n) is 3.84. The molecule has 0 atom stereocenters. The minimum absolute atomic E-state index is 0. The lowest BCUT2D eigenvalue weighted by Crippen LogP contribution is -2.39. The lowest BCUT2D eigenvalue weighted by molar-refractivity contribution is 0.0409. The number of hydrazone groups is 1. The van der Waals surface area contributed by atoms with Gasteiger partial charge in [-0.15, -0.1) is 12.4 Å². The zero-order valence-corrected chi connectivity index (χ0v) is 15.6. The average molecular weight is 381 g/mol. The highest BCUT2D eigenvalue weighted by Gasteiger charge is 2.34. The highest BCUT2D eigenvalue weighted by molar-refractivity contribution is 6.31. The molecule has 2 N–H and O–H groups in total. The van der Waals surface area contributed by atoms with E-state index in [9.17, 15) is 5.26 Å². The van der Waals surface area contributed by atoms with Crippen LogP contribution in [0.25, 0.3) is 0 Å². The molecule has 0 amide bonds. The second-order valence-electron chi connectivity index (χ2n) is 6.00. The van der Waals surface area contributed by atoms with Crippen molar-refractivity contribution in [2.24, 2.45) is 10.8 Å². The summed E-state index contributed by atoms with van der Waals surface area (Å²) in [5, 5.41) is 16.1. The number of methoxy groups -OCH3 is 1. The number of anilines is 1. The summed E-state index contributed by atoms with van der Waals surface area (Å²) in [4.78, 5) is 0. The molecule has 3 rings (SSSR count). The Bertz CT molecular complexity index is 838. The van der Waals surface area contributed by atoms with Crippen molar-refractivity contribution in [2.45, 2.75) is 19.4 Å². The summed E-state index contributed by atoms with van der Waals surface area (Å²) < 4.78 is 11.1. The normalized spacial score (nSPS) is 18.4. The molecular weight excluding hydrogens is 363 g/mol. The first kappa shape index (κ1) is 19.1. The molecule has 2 aliphatic rings. The molecule has 2 aliphatic heterocycles.